The van der Waals surface area contributed by atoms with Gasteiger partial charge in [0.05, 0.1) is 6.54 Å². The van der Waals surface area contributed by atoms with Crippen molar-refractivity contribution in [2.24, 2.45) is 7.05 Å². The molecule has 0 atom stereocenters. The van der Waals surface area contributed by atoms with Crippen LogP contribution >= 0.6 is 15.9 Å². The van der Waals surface area contributed by atoms with Gasteiger partial charge in [-0.1, -0.05) is 6.07 Å². The third kappa shape index (κ3) is 2.96. The average Bonchev–Trinajstić information content (AvgIpc) is 2.65. The topological polar surface area (TPSA) is 34.0 Å². The fourth-order valence-corrected chi connectivity index (χ4v) is 2.81. The molecule has 0 bridgehead atoms. The zero-order valence-corrected chi connectivity index (χ0v) is 13.8. The number of Topliss-reactive ketones (excluding diaryl/α,β-unsaturated/α-hetero) is 1. The van der Waals surface area contributed by atoms with Gasteiger partial charge in [-0.05, 0) is 60.5 Å². The van der Waals surface area contributed by atoms with Gasteiger partial charge in [-0.15, -0.1) is 0 Å². The Bertz CT molecular complexity index is 659. The van der Waals surface area contributed by atoms with Gasteiger partial charge >= 0.3 is 0 Å². The van der Waals surface area contributed by atoms with Crippen molar-refractivity contribution in [3.05, 3.63) is 51.3 Å². The summed E-state index contributed by atoms with van der Waals surface area (Å²) >= 11 is 3.51. The number of carbonyl (C=O) groups excluding carboxylic acids is 1. The minimum Gasteiger partial charge on any atom is -0.377 e. The Morgan fingerprint density at radius 1 is 1.25 bits per heavy atom. The summed E-state index contributed by atoms with van der Waals surface area (Å²) in [6, 6.07) is 7.99. The number of aromatic nitrogens is 1. The zero-order chi connectivity index (χ0) is 14.9. The van der Waals surface area contributed by atoms with Gasteiger partial charge in [0.1, 0.15) is 0 Å². The van der Waals surface area contributed by atoms with Crippen LogP contribution in [0.15, 0.2) is 28.7 Å². The number of benzene rings is 1. The number of nitrogens with zero attached hydrogens (tertiary/aromatic N) is 1. The SMILES string of the molecule is Cc1ccc(NCC(=O)c2cc(C)n(C)c2C)c(Br)c1. The molecular weight excluding hydrogens is 316 g/mol. The van der Waals surface area contributed by atoms with E-state index in [1.54, 1.807) is 0 Å². The van der Waals surface area contributed by atoms with Crippen LogP contribution in [-0.2, 0) is 7.05 Å². The second kappa shape index (κ2) is 5.83. The molecule has 0 unspecified atom stereocenters. The number of hydrogen-bond donors (Lipinski definition) is 1. The number of rotatable bonds is 4. The van der Waals surface area contributed by atoms with Crippen LogP contribution in [0, 0.1) is 20.8 Å². The maximum absolute atomic E-state index is 12.3. The van der Waals surface area contributed by atoms with Crippen molar-refractivity contribution in [2.75, 3.05) is 11.9 Å². The highest BCUT2D eigenvalue weighted by Gasteiger charge is 2.14. The van der Waals surface area contributed by atoms with Crippen LogP contribution in [0.2, 0.25) is 0 Å². The van der Waals surface area contributed by atoms with Crippen LogP contribution in [0.3, 0.4) is 0 Å². The Kier molecular flexibility index (Phi) is 4.33. The van der Waals surface area contributed by atoms with Gasteiger partial charge in [0.15, 0.2) is 5.78 Å². The molecule has 1 heterocycles. The Labute approximate surface area is 128 Å². The number of hydrogen-bond acceptors (Lipinski definition) is 2. The Balaban J connectivity index is 2.10. The van der Waals surface area contributed by atoms with Crippen molar-refractivity contribution in [3.63, 3.8) is 0 Å². The standard InChI is InChI=1S/C16H19BrN2O/c1-10-5-6-15(14(17)7-10)18-9-16(20)13-8-11(2)19(4)12(13)3/h5-8,18H,9H2,1-4H3. The Hall–Kier alpha value is -1.55. The van der Waals surface area contributed by atoms with Crippen molar-refractivity contribution in [2.45, 2.75) is 20.8 Å². The molecular formula is C16H19BrN2O. The number of nitrogens with one attached hydrogen (secondary N) is 1. The van der Waals surface area contributed by atoms with E-state index in [0.717, 1.165) is 27.1 Å². The van der Waals surface area contributed by atoms with E-state index in [0.29, 0.717) is 6.54 Å². The molecule has 1 N–H and O–H groups in total. The molecule has 0 aliphatic rings. The Morgan fingerprint density at radius 2 is 1.95 bits per heavy atom. The van der Waals surface area contributed by atoms with Crippen LogP contribution in [0.1, 0.15) is 27.3 Å². The first-order valence-electron chi connectivity index (χ1n) is 6.56. The van der Waals surface area contributed by atoms with Crippen LogP contribution in [0.25, 0.3) is 0 Å². The predicted octanol–water partition coefficient (Wildman–Crippen LogP) is 4.01. The van der Waals surface area contributed by atoms with Gasteiger partial charge in [0, 0.05) is 34.2 Å². The van der Waals surface area contributed by atoms with Crippen molar-refractivity contribution < 1.29 is 4.79 Å². The van der Waals surface area contributed by atoms with Crippen LogP contribution in [0.4, 0.5) is 5.69 Å². The fraction of sp³-hybridized carbons (Fsp3) is 0.312. The minimum absolute atomic E-state index is 0.110. The number of aryl methyl sites for hydroxylation is 2. The number of ketones is 1. The first-order valence-corrected chi connectivity index (χ1v) is 7.35. The van der Waals surface area contributed by atoms with Gasteiger partial charge in [-0.3, -0.25) is 4.79 Å². The van der Waals surface area contributed by atoms with Gasteiger partial charge in [0.2, 0.25) is 0 Å². The summed E-state index contributed by atoms with van der Waals surface area (Å²) in [4.78, 5) is 12.3. The van der Waals surface area contributed by atoms with Crippen molar-refractivity contribution >= 4 is 27.4 Å². The number of halogens is 1. The largest absolute Gasteiger partial charge is 0.377 e. The molecule has 0 saturated carbocycles. The molecule has 1 aromatic heterocycles. The molecule has 3 nitrogen and oxygen atoms in total. The van der Waals surface area contributed by atoms with E-state index in [2.05, 4.69) is 21.2 Å². The number of anilines is 1. The van der Waals surface area contributed by atoms with Gasteiger partial charge in [0.25, 0.3) is 0 Å². The first kappa shape index (κ1) is 14.9. The monoisotopic (exact) mass is 334 g/mol. The van der Waals surface area contributed by atoms with Crippen LogP contribution in [-0.4, -0.2) is 16.9 Å². The molecule has 0 saturated heterocycles. The van der Waals surface area contributed by atoms with Crippen molar-refractivity contribution in [1.82, 2.24) is 4.57 Å². The molecule has 106 valence electrons. The molecule has 2 rings (SSSR count). The molecule has 2 aromatic rings. The van der Waals surface area contributed by atoms with E-state index in [1.165, 1.54) is 5.56 Å². The molecule has 0 aliphatic heterocycles. The quantitative estimate of drug-likeness (QED) is 0.857. The van der Waals surface area contributed by atoms with Crippen LogP contribution in [0.5, 0.6) is 0 Å². The zero-order valence-electron chi connectivity index (χ0n) is 12.2. The second-order valence-electron chi connectivity index (χ2n) is 5.10. The highest BCUT2D eigenvalue weighted by atomic mass is 79.9. The molecule has 20 heavy (non-hydrogen) atoms. The Morgan fingerprint density at radius 3 is 2.50 bits per heavy atom. The van der Waals surface area contributed by atoms with Crippen LogP contribution < -0.4 is 5.32 Å². The second-order valence-corrected chi connectivity index (χ2v) is 5.96. The summed E-state index contributed by atoms with van der Waals surface area (Å²) in [6.45, 7) is 6.32. The van der Waals surface area contributed by atoms with E-state index >= 15 is 0 Å². The molecule has 0 radical (unpaired) electrons. The lowest BCUT2D eigenvalue weighted by Crippen LogP contribution is -2.15. The lowest BCUT2D eigenvalue weighted by atomic mass is 10.1. The van der Waals surface area contributed by atoms with E-state index in [9.17, 15) is 4.79 Å². The predicted molar refractivity (Wildman–Crippen MR) is 86.6 cm³/mol. The molecule has 0 spiro atoms. The minimum atomic E-state index is 0.110. The molecule has 0 fully saturated rings. The van der Waals surface area contributed by atoms with Crippen molar-refractivity contribution in [1.29, 1.82) is 0 Å². The fourth-order valence-electron chi connectivity index (χ4n) is 2.17. The third-order valence-electron chi connectivity index (χ3n) is 3.64. The van der Waals surface area contributed by atoms with E-state index in [1.807, 2.05) is 56.7 Å². The summed E-state index contributed by atoms with van der Waals surface area (Å²) < 4.78 is 3.01. The highest BCUT2D eigenvalue weighted by Crippen LogP contribution is 2.23. The normalized spacial score (nSPS) is 10.7. The lowest BCUT2D eigenvalue weighted by Gasteiger charge is -2.09. The van der Waals surface area contributed by atoms with Crippen molar-refractivity contribution in [3.8, 4) is 0 Å². The van der Waals surface area contributed by atoms with E-state index < -0.39 is 0 Å². The summed E-state index contributed by atoms with van der Waals surface area (Å²) in [7, 11) is 1.98. The average molecular weight is 335 g/mol. The maximum atomic E-state index is 12.3. The lowest BCUT2D eigenvalue weighted by molar-refractivity contribution is 0.101. The van der Waals surface area contributed by atoms with E-state index in [4.69, 9.17) is 0 Å². The number of carbonyl (C=O) groups is 1. The highest BCUT2D eigenvalue weighted by molar-refractivity contribution is 9.10. The summed E-state index contributed by atoms with van der Waals surface area (Å²) in [5.41, 5.74) is 5.03. The maximum Gasteiger partial charge on any atom is 0.183 e. The third-order valence-corrected chi connectivity index (χ3v) is 4.30. The van der Waals surface area contributed by atoms with Gasteiger partial charge < -0.3 is 9.88 Å². The molecule has 1 aromatic carbocycles. The molecule has 0 amide bonds. The molecule has 4 heteroatoms. The summed E-state index contributed by atoms with van der Waals surface area (Å²) in [5, 5.41) is 3.19. The smallest absolute Gasteiger partial charge is 0.183 e. The van der Waals surface area contributed by atoms with Gasteiger partial charge in [-0.2, -0.15) is 0 Å². The molecule has 0 aliphatic carbocycles. The van der Waals surface area contributed by atoms with E-state index in [-0.39, 0.29) is 5.78 Å². The summed E-state index contributed by atoms with van der Waals surface area (Å²) in [6.07, 6.45) is 0. The van der Waals surface area contributed by atoms with Gasteiger partial charge in [-0.25, -0.2) is 0 Å². The first-order chi connectivity index (χ1) is 9.40. The summed E-state index contributed by atoms with van der Waals surface area (Å²) in [5.74, 6) is 0.110.